The Kier molecular flexibility index (Phi) is 5.23. The van der Waals surface area contributed by atoms with Gasteiger partial charge in [-0.3, -0.25) is 0 Å². The summed E-state index contributed by atoms with van der Waals surface area (Å²) in [6.45, 7) is 0.365. The molecule has 0 unspecified atom stereocenters. The minimum Gasteiger partial charge on any atom is -0.449 e. The third kappa shape index (κ3) is 3.81. The Balaban J connectivity index is 1.36. The zero-order chi connectivity index (χ0) is 20.1. The largest absolute Gasteiger partial charge is 0.449 e. The van der Waals surface area contributed by atoms with Gasteiger partial charge in [0.1, 0.15) is 18.4 Å². The molecule has 1 heterocycles. The quantitative estimate of drug-likeness (QED) is 0.702. The molecule has 29 heavy (non-hydrogen) atoms. The van der Waals surface area contributed by atoms with E-state index in [0.717, 1.165) is 0 Å². The van der Waals surface area contributed by atoms with Crippen LogP contribution in [0, 0.1) is 23.2 Å². The standard InChI is InChI=1S/C24H17N3O2/c25-15-17-7-5-13-26-23(17)12-6-14-27-24(28)29-16-22-20-10-3-1-8-18(20)19-9-2-4-11-21(19)22/h1-5,7-11,13,22H,14,16H2,(H,27,28). The molecule has 5 heteroatoms. The fourth-order valence-electron chi connectivity index (χ4n) is 3.49. The third-order valence-corrected chi connectivity index (χ3v) is 4.80. The van der Waals surface area contributed by atoms with Crippen molar-refractivity contribution in [1.82, 2.24) is 10.3 Å². The highest BCUT2D eigenvalue weighted by Crippen LogP contribution is 2.44. The number of pyridine rings is 1. The Morgan fingerprint density at radius 3 is 2.41 bits per heavy atom. The first-order valence-electron chi connectivity index (χ1n) is 9.21. The van der Waals surface area contributed by atoms with E-state index in [-0.39, 0.29) is 19.1 Å². The maximum atomic E-state index is 12.1. The summed E-state index contributed by atoms with van der Waals surface area (Å²) in [5.74, 6) is 5.60. The van der Waals surface area contributed by atoms with Gasteiger partial charge in [0.05, 0.1) is 12.1 Å². The SMILES string of the molecule is N#Cc1cccnc1C#CCNC(=O)OCC1c2ccccc2-c2ccccc21. The van der Waals surface area contributed by atoms with Crippen LogP contribution < -0.4 is 5.32 Å². The molecule has 1 N–H and O–H groups in total. The molecule has 0 saturated heterocycles. The van der Waals surface area contributed by atoms with E-state index in [4.69, 9.17) is 10.00 Å². The number of ether oxygens (including phenoxy) is 1. The highest BCUT2D eigenvalue weighted by Gasteiger charge is 2.28. The van der Waals surface area contributed by atoms with E-state index in [1.807, 2.05) is 30.3 Å². The lowest BCUT2D eigenvalue weighted by Gasteiger charge is -2.14. The summed E-state index contributed by atoms with van der Waals surface area (Å²) >= 11 is 0. The molecular weight excluding hydrogens is 362 g/mol. The van der Waals surface area contributed by atoms with Crippen molar-refractivity contribution < 1.29 is 9.53 Å². The van der Waals surface area contributed by atoms with Gasteiger partial charge in [0.2, 0.25) is 0 Å². The smallest absolute Gasteiger partial charge is 0.407 e. The van der Waals surface area contributed by atoms with Crippen LogP contribution in [0.15, 0.2) is 66.9 Å². The van der Waals surface area contributed by atoms with Crippen LogP contribution >= 0.6 is 0 Å². The zero-order valence-electron chi connectivity index (χ0n) is 15.6. The van der Waals surface area contributed by atoms with Gasteiger partial charge >= 0.3 is 6.09 Å². The van der Waals surface area contributed by atoms with Crippen molar-refractivity contribution in [2.75, 3.05) is 13.2 Å². The topological polar surface area (TPSA) is 75.0 Å². The lowest BCUT2D eigenvalue weighted by Crippen LogP contribution is -2.26. The Bertz CT molecular complexity index is 1120. The average molecular weight is 379 g/mol. The number of hydrogen-bond donors (Lipinski definition) is 1. The Morgan fingerprint density at radius 2 is 1.72 bits per heavy atom. The van der Waals surface area contributed by atoms with Gasteiger partial charge in [0, 0.05) is 12.1 Å². The maximum absolute atomic E-state index is 12.1. The first-order valence-corrected chi connectivity index (χ1v) is 9.21. The van der Waals surface area contributed by atoms with E-state index >= 15 is 0 Å². The van der Waals surface area contributed by atoms with Gasteiger partial charge in [-0.1, -0.05) is 54.5 Å². The predicted molar refractivity (Wildman–Crippen MR) is 109 cm³/mol. The summed E-state index contributed by atoms with van der Waals surface area (Å²) in [5.41, 5.74) is 5.50. The monoisotopic (exact) mass is 379 g/mol. The van der Waals surface area contributed by atoms with Crippen LogP contribution in [-0.2, 0) is 4.74 Å². The molecule has 1 aliphatic carbocycles. The van der Waals surface area contributed by atoms with Gasteiger partial charge in [-0.15, -0.1) is 0 Å². The average Bonchev–Trinajstić information content (AvgIpc) is 3.09. The fourth-order valence-corrected chi connectivity index (χ4v) is 3.49. The summed E-state index contributed by atoms with van der Waals surface area (Å²) in [4.78, 5) is 16.1. The molecule has 4 rings (SSSR count). The molecule has 0 atom stereocenters. The number of hydrogen-bond acceptors (Lipinski definition) is 4. The number of benzene rings is 2. The molecule has 0 bridgehead atoms. The molecule has 0 saturated carbocycles. The normalized spacial score (nSPS) is 11.4. The molecule has 2 aromatic carbocycles. The molecule has 5 nitrogen and oxygen atoms in total. The summed E-state index contributed by atoms with van der Waals surface area (Å²) in [6, 6.07) is 21.7. The van der Waals surface area contributed by atoms with Gasteiger partial charge in [-0.05, 0) is 40.3 Å². The molecular formula is C24H17N3O2. The van der Waals surface area contributed by atoms with Gasteiger partial charge in [0.25, 0.3) is 0 Å². The molecule has 1 amide bonds. The highest BCUT2D eigenvalue weighted by molar-refractivity contribution is 5.79. The molecule has 0 aliphatic heterocycles. The zero-order valence-corrected chi connectivity index (χ0v) is 15.6. The Labute approximate surface area is 169 Å². The van der Waals surface area contributed by atoms with Crippen molar-refractivity contribution in [3.63, 3.8) is 0 Å². The number of amides is 1. The molecule has 140 valence electrons. The van der Waals surface area contributed by atoms with Crippen LogP contribution in [0.5, 0.6) is 0 Å². The first kappa shape index (κ1) is 18.3. The third-order valence-electron chi connectivity index (χ3n) is 4.80. The van der Waals surface area contributed by atoms with Gasteiger partial charge in [-0.2, -0.15) is 5.26 Å². The number of fused-ring (bicyclic) bond motifs is 3. The Morgan fingerprint density at radius 1 is 1.03 bits per heavy atom. The molecule has 0 spiro atoms. The number of alkyl carbamates (subject to hydrolysis) is 1. The number of nitrogens with one attached hydrogen (secondary N) is 1. The number of aromatic nitrogens is 1. The second kappa shape index (κ2) is 8.29. The second-order valence-corrected chi connectivity index (χ2v) is 6.49. The number of nitrogens with zero attached hydrogens (tertiary/aromatic N) is 2. The van der Waals surface area contributed by atoms with E-state index in [9.17, 15) is 4.79 Å². The summed E-state index contributed by atoms with van der Waals surface area (Å²) < 4.78 is 5.45. The maximum Gasteiger partial charge on any atom is 0.407 e. The molecule has 0 radical (unpaired) electrons. The van der Waals surface area contributed by atoms with E-state index in [1.165, 1.54) is 22.3 Å². The minimum absolute atomic E-state index is 0.0194. The van der Waals surface area contributed by atoms with Crippen molar-refractivity contribution in [3.05, 3.63) is 89.2 Å². The fraction of sp³-hybridized carbons (Fsp3) is 0.125. The van der Waals surface area contributed by atoms with Crippen LogP contribution in [0.3, 0.4) is 0 Å². The van der Waals surface area contributed by atoms with Crippen LogP contribution in [0.4, 0.5) is 4.79 Å². The summed E-state index contributed by atoms with van der Waals surface area (Å²) in [5, 5.41) is 11.6. The van der Waals surface area contributed by atoms with E-state index < -0.39 is 6.09 Å². The van der Waals surface area contributed by atoms with Crippen LogP contribution in [0.2, 0.25) is 0 Å². The van der Waals surface area contributed by atoms with E-state index in [1.54, 1.807) is 18.3 Å². The summed E-state index contributed by atoms with van der Waals surface area (Å²) in [6.07, 6.45) is 1.05. The van der Waals surface area contributed by atoms with Crippen molar-refractivity contribution in [1.29, 1.82) is 5.26 Å². The number of rotatable bonds is 3. The number of carbonyl (C=O) groups is 1. The lowest BCUT2D eigenvalue weighted by molar-refractivity contribution is 0.144. The van der Waals surface area contributed by atoms with Crippen LogP contribution in [-0.4, -0.2) is 24.2 Å². The van der Waals surface area contributed by atoms with Gasteiger partial charge in [-0.25, -0.2) is 9.78 Å². The van der Waals surface area contributed by atoms with Crippen LogP contribution in [0.1, 0.15) is 28.3 Å². The van der Waals surface area contributed by atoms with E-state index in [2.05, 4.69) is 46.4 Å². The van der Waals surface area contributed by atoms with Crippen molar-refractivity contribution in [2.45, 2.75) is 5.92 Å². The van der Waals surface area contributed by atoms with Gasteiger partial charge < -0.3 is 10.1 Å². The van der Waals surface area contributed by atoms with Crippen LogP contribution in [0.25, 0.3) is 11.1 Å². The van der Waals surface area contributed by atoms with Crippen molar-refractivity contribution in [2.24, 2.45) is 0 Å². The molecule has 0 fully saturated rings. The first-order chi connectivity index (χ1) is 14.3. The molecule has 3 aromatic rings. The predicted octanol–water partition coefficient (Wildman–Crippen LogP) is 3.84. The number of carbonyl (C=O) groups excluding carboxylic acids is 1. The minimum atomic E-state index is -0.525. The highest BCUT2D eigenvalue weighted by atomic mass is 16.5. The van der Waals surface area contributed by atoms with Gasteiger partial charge in [0.15, 0.2) is 0 Å². The second-order valence-electron chi connectivity index (χ2n) is 6.49. The molecule has 1 aliphatic rings. The molecule has 1 aromatic heterocycles. The summed E-state index contributed by atoms with van der Waals surface area (Å²) in [7, 11) is 0. The Hall–Kier alpha value is -4.09. The number of nitriles is 1. The van der Waals surface area contributed by atoms with Crippen molar-refractivity contribution in [3.8, 4) is 29.0 Å². The van der Waals surface area contributed by atoms with Crippen molar-refractivity contribution >= 4 is 6.09 Å². The van der Waals surface area contributed by atoms with E-state index in [0.29, 0.717) is 11.3 Å². The lowest BCUT2D eigenvalue weighted by atomic mass is 9.98.